The molecule has 0 spiro atoms. The number of nitrogens with one attached hydrogen (secondary N) is 1. The SMILES string of the molecule is COc1ccc(C)cc1CC1CCCCCN1. The smallest absolute Gasteiger partial charge is 0.122 e. The second kappa shape index (κ2) is 6.06. The Bertz CT molecular complexity index is 354. The van der Waals surface area contributed by atoms with E-state index in [1.54, 1.807) is 7.11 Å². The fourth-order valence-corrected chi connectivity index (χ4v) is 2.61. The highest BCUT2D eigenvalue weighted by molar-refractivity contribution is 5.37. The fraction of sp³-hybridized carbons (Fsp3) is 0.600. The molecule has 94 valence electrons. The van der Waals surface area contributed by atoms with Crippen molar-refractivity contribution in [2.45, 2.75) is 45.1 Å². The van der Waals surface area contributed by atoms with Crippen LogP contribution in [0.4, 0.5) is 0 Å². The van der Waals surface area contributed by atoms with Crippen molar-refractivity contribution in [1.29, 1.82) is 0 Å². The maximum absolute atomic E-state index is 5.45. The molecule has 0 amide bonds. The van der Waals surface area contributed by atoms with Gasteiger partial charge in [0.1, 0.15) is 5.75 Å². The molecule has 1 fully saturated rings. The number of hydrogen-bond acceptors (Lipinski definition) is 2. The summed E-state index contributed by atoms with van der Waals surface area (Å²) in [6.07, 6.45) is 6.42. The van der Waals surface area contributed by atoms with E-state index in [1.807, 2.05) is 0 Å². The van der Waals surface area contributed by atoms with Crippen molar-refractivity contribution >= 4 is 0 Å². The third-order valence-electron chi connectivity index (χ3n) is 3.56. The Morgan fingerprint density at radius 3 is 3.00 bits per heavy atom. The van der Waals surface area contributed by atoms with Gasteiger partial charge in [0.05, 0.1) is 7.11 Å². The molecule has 0 saturated carbocycles. The second-order valence-electron chi connectivity index (χ2n) is 5.02. The first-order valence-electron chi connectivity index (χ1n) is 6.66. The largest absolute Gasteiger partial charge is 0.496 e. The third kappa shape index (κ3) is 3.47. The lowest BCUT2D eigenvalue weighted by Gasteiger charge is -2.18. The molecule has 0 aromatic heterocycles. The molecule has 0 aliphatic carbocycles. The molecule has 2 heteroatoms. The summed E-state index contributed by atoms with van der Waals surface area (Å²) in [4.78, 5) is 0. The van der Waals surface area contributed by atoms with Gasteiger partial charge in [-0.15, -0.1) is 0 Å². The van der Waals surface area contributed by atoms with E-state index in [9.17, 15) is 0 Å². The highest BCUT2D eigenvalue weighted by Gasteiger charge is 2.14. The zero-order valence-corrected chi connectivity index (χ0v) is 11.0. The van der Waals surface area contributed by atoms with Gasteiger partial charge in [-0.25, -0.2) is 0 Å². The Kier molecular flexibility index (Phi) is 4.43. The number of benzene rings is 1. The van der Waals surface area contributed by atoms with E-state index in [0.29, 0.717) is 6.04 Å². The summed E-state index contributed by atoms with van der Waals surface area (Å²) in [6.45, 7) is 3.31. The van der Waals surface area contributed by atoms with E-state index in [-0.39, 0.29) is 0 Å². The standard InChI is InChI=1S/C15H23NO/c1-12-7-8-15(17-2)13(10-12)11-14-6-4-3-5-9-16-14/h7-8,10,14,16H,3-6,9,11H2,1-2H3. The van der Waals surface area contributed by atoms with Gasteiger partial charge >= 0.3 is 0 Å². The topological polar surface area (TPSA) is 21.3 Å². The molecule has 0 radical (unpaired) electrons. The van der Waals surface area contributed by atoms with Crippen LogP contribution in [0.2, 0.25) is 0 Å². The molecule has 2 nitrogen and oxygen atoms in total. The van der Waals surface area contributed by atoms with E-state index in [1.165, 1.54) is 43.4 Å². The number of ether oxygens (including phenoxy) is 1. The van der Waals surface area contributed by atoms with Crippen molar-refractivity contribution in [2.75, 3.05) is 13.7 Å². The van der Waals surface area contributed by atoms with Gasteiger partial charge < -0.3 is 10.1 Å². The van der Waals surface area contributed by atoms with Crippen molar-refractivity contribution in [3.8, 4) is 5.75 Å². The monoisotopic (exact) mass is 233 g/mol. The van der Waals surface area contributed by atoms with Crippen molar-refractivity contribution < 1.29 is 4.74 Å². The zero-order chi connectivity index (χ0) is 12.1. The molecule has 1 N–H and O–H groups in total. The minimum absolute atomic E-state index is 0.619. The number of methoxy groups -OCH3 is 1. The summed E-state index contributed by atoms with van der Waals surface area (Å²) in [5.74, 6) is 1.03. The number of aryl methyl sites for hydroxylation is 1. The predicted molar refractivity (Wildman–Crippen MR) is 71.7 cm³/mol. The van der Waals surface area contributed by atoms with Crippen LogP contribution in [-0.4, -0.2) is 19.7 Å². The average molecular weight is 233 g/mol. The summed E-state index contributed by atoms with van der Waals surface area (Å²) in [5, 5.41) is 3.65. The van der Waals surface area contributed by atoms with Crippen molar-refractivity contribution in [2.24, 2.45) is 0 Å². The summed E-state index contributed by atoms with van der Waals surface area (Å²) < 4.78 is 5.45. The van der Waals surface area contributed by atoms with E-state index in [4.69, 9.17) is 4.74 Å². The molecule has 2 rings (SSSR count). The highest BCUT2D eigenvalue weighted by atomic mass is 16.5. The van der Waals surface area contributed by atoms with Gasteiger partial charge in [-0.1, -0.05) is 30.5 Å². The van der Waals surface area contributed by atoms with Gasteiger partial charge in [-0.05, 0) is 44.4 Å². The summed E-state index contributed by atoms with van der Waals surface area (Å²) in [6, 6.07) is 7.07. The lowest BCUT2D eigenvalue weighted by atomic mass is 9.99. The molecule has 1 aliphatic heterocycles. The summed E-state index contributed by atoms with van der Waals surface area (Å²) in [7, 11) is 1.76. The summed E-state index contributed by atoms with van der Waals surface area (Å²) >= 11 is 0. The van der Waals surface area contributed by atoms with Gasteiger partial charge in [0.15, 0.2) is 0 Å². The van der Waals surface area contributed by atoms with Crippen molar-refractivity contribution in [3.05, 3.63) is 29.3 Å². The van der Waals surface area contributed by atoms with Gasteiger partial charge in [0.2, 0.25) is 0 Å². The number of hydrogen-bond donors (Lipinski definition) is 1. The zero-order valence-electron chi connectivity index (χ0n) is 11.0. The lowest BCUT2D eigenvalue weighted by Crippen LogP contribution is -2.30. The van der Waals surface area contributed by atoms with Crippen LogP contribution < -0.4 is 10.1 Å². The first-order valence-corrected chi connectivity index (χ1v) is 6.66. The van der Waals surface area contributed by atoms with Gasteiger partial charge in [-0.3, -0.25) is 0 Å². The van der Waals surface area contributed by atoms with E-state index in [2.05, 4.69) is 30.4 Å². The van der Waals surface area contributed by atoms with E-state index in [0.717, 1.165) is 12.2 Å². The molecular weight excluding hydrogens is 210 g/mol. The molecule has 1 atom stereocenters. The maximum Gasteiger partial charge on any atom is 0.122 e. The normalized spacial score (nSPS) is 20.9. The minimum atomic E-state index is 0.619. The molecule has 0 bridgehead atoms. The van der Waals surface area contributed by atoms with Crippen LogP contribution in [0.1, 0.15) is 36.8 Å². The molecule has 1 aliphatic rings. The van der Waals surface area contributed by atoms with Crippen LogP contribution >= 0.6 is 0 Å². The minimum Gasteiger partial charge on any atom is -0.496 e. The molecular formula is C15H23NO. The molecule has 1 aromatic rings. The van der Waals surface area contributed by atoms with Gasteiger partial charge in [-0.2, -0.15) is 0 Å². The van der Waals surface area contributed by atoms with Crippen LogP contribution in [0.15, 0.2) is 18.2 Å². The molecule has 1 heterocycles. The van der Waals surface area contributed by atoms with Crippen LogP contribution in [0.5, 0.6) is 5.75 Å². The van der Waals surface area contributed by atoms with Crippen molar-refractivity contribution in [3.63, 3.8) is 0 Å². The Morgan fingerprint density at radius 2 is 2.18 bits per heavy atom. The predicted octanol–water partition coefficient (Wildman–Crippen LogP) is 3.08. The second-order valence-corrected chi connectivity index (χ2v) is 5.02. The first kappa shape index (κ1) is 12.4. The molecule has 17 heavy (non-hydrogen) atoms. The lowest BCUT2D eigenvalue weighted by molar-refractivity contribution is 0.404. The molecule has 1 aromatic carbocycles. The Morgan fingerprint density at radius 1 is 1.29 bits per heavy atom. The highest BCUT2D eigenvalue weighted by Crippen LogP contribution is 2.23. The Balaban J connectivity index is 2.07. The maximum atomic E-state index is 5.45. The van der Waals surface area contributed by atoms with Crippen LogP contribution in [0.3, 0.4) is 0 Å². The van der Waals surface area contributed by atoms with Crippen LogP contribution in [0.25, 0.3) is 0 Å². The Labute approximate surface area is 104 Å². The van der Waals surface area contributed by atoms with E-state index >= 15 is 0 Å². The summed E-state index contributed by atoms with van der Waals surface area (Å²) in [5.41, 5.74) is 2.65. The third-order valence-corrected chi connectivity index (χ3v) is 3.56. The average Bonchev–Trinajstić information content (AvgIpc) is 2.58. The quantitative estimate of drug-likeness (QED) is 0.866. The van der Waals surface area contributed by atoms with Gasteiger partial charge in [0, 0.05) is 6.04 Å². The van der Waals surface area contributed by atoms with Crippen molar-refractivity contribution in [1.82, 2.24) is 5.32 Å². The van der Waals surface area contributed by atoms with Gasteiger partial charge in [0.25, 0.3) is 0 Å². The molecule has 1 saturated heterocycles. The first-order chi connectivity index (χ1) is 8.29. The van der Waals surface area contributed by atoms with Crippen LogP contribution in [-0.2, 0) is 6.42 Å². The van der Waals surface area contributed by atoms with E-state index < -0.39 is 0 Å². The fourth-order valence-electron chi connectivity index (χ4n) is 2.61. The molecule has 1 unspecified atom stereocenters. The van der Waals surface area contributed by atoms with Crippen LogP contribution in [0, 0.1) is 6.92 Å². The Hall–Kier alpha value is -1.02. The number of rotatable bonds is 3.